The predicted molar refractivity (Wildman–Crippen MR) is 82.2 cm³/mol. The number of carbonyl (C=O) groups excluding carboxylic acids is 1. The Hall–Kier alpha value is -1.55. The second-order valence-electron chi connectivity index (χ2n) is 5.73. The first-order valence-corrected chi connectivity index (χ1v) is 7.25. The Balaban J connectivity index is 2.17. The third kappa shape index (κ3) is 3.31. The fourth-order valence-electron chi connectivity index (χ4n) is 2.36. The van der Waals surface area contributed by atoms with E-state index >= 15 is 0 Å². The molecule has 0 spiro atoms. The van der Waals surface area contributed by atoms with Gasteiger partial charge in [0.05, 0.1) is 11.4 Å². The van der Waals surface area contributed by atoms with Crippen molar-refractivity contribution in [3.05, 3.63) is 24.3 Å². The summed E-state index contributed by atoms with van der Waals surface area (Å²) in [5.41, 5.74) is 1.15. The Morgan fingerprint density at radius 2 is 1.85 bits per heavy atom. The summed E-state index contributed by atoms with van der Waals surface area (Å²) in [6.45, 7) is 5.65. The van der Waals surface area contributed by atoms with Crippen LogP contribution in [-0.4, -0.2) is 31.7 Å². The normalized spacial score (nSPS) is 16.1. The van der Waals surface area contributed by atoms with Crippen molar-refractivity contribution in [1.29, 1.82) is 0 Å². The van der Waals surface area contributed by atoms with Crippen molar-refractivity contribution >= 4 is 17.3 Å². The van der Waals surface area contributed by atoms with E-state index in [0.29, 0.717) is 0 Å². The number of nitrogens with one attached hydrogen (secondary N) is 1. The van der Waals surface area contributed by atoms with E-state index in [0.717, 1.165) is 24.5 Å². The number of ether oxygens (including phenoxy) is 1. The van der Waals surface area contributed by atoms with Crippen molar-refractivity contribution in [2.24, 2.45) is 0 Å². The number of nitrogens with zero attached hydrogens (tertiary/aromatic N) is 1. The molecule has 0 radical (unpaired) electrons. The van der Waals surface area contributed by atoms with E-state index in [1.165, 1.54) is 19.3 Å². The zero-order valence-corrected chi connectivity index (χ0v) is 12.6. The molecule has 1 fully saturated rings. The summed E-state index contributed by atoms with van der Waals surface area (Å²) in [6, 6.07) is 7.98. The molecule has 0 aliphatic carbocycles. The molecular formula is C16H24N2O2. The van der Waals surface area contributed by atoms with Gasteiger partial charge in [0.2, 0.25) is 0 Å². The number of carbonyl (C=O) groups is 1. The largest absolute Gasteiger partial charge is 0.370 e. The van der Waals surface area contributed by atoms with Crippen LogP contribution in [0.25, 0.3) is 0 Å². The van der Waals surface area contributed by atoms with Gasteiger partial charge >= 0.3 is 0 Å². The van der Waals surface area contributed by atoms with Crippen LogP contribution in [0.1, 0.15) is 33.1 Å². The van der Waals surface area contributed by atoms with Crippen molar-refractivity contribution in [3.8, 4) is 0 Å². The molecule has 2 rings (SSSR count). The minimum absolute atomic E-state index is 0.121. The predicted octanol–water partition coefficient (Wildman–Crippen LogP) is 3.04. The van der Waals surface area contributed by atoms with Crippen molar-refractivity contribution in [1.82, 2.24) is 0 Å². The first kappa shape index (κ1) is 14.9. The summed E-state index contributed by atoms with van der Waals surface area (Å²) in [5, 5.41) is 2.99. The molecule has 1 heterocycles. The molecule has 1 aromatic carbocycles. The molecule has 0 saturated carbocycles. The second-order valence-corrected chi connectivity index (χ2v) is 5.73. The van der Waals surface area contributed by atoms with Crippen LogP contribution in [0.2, 0.25) is 0 Å². The molecule has 0 atom stereocenters. The molecule has 1 aliphatic heterocycles. The van der Waals surface area contributed by atoms with Crippen molar-refractivity contribution in [3.63, 3.8) is 0 Å². The highest BCUT2D eigenvalue weighted by atomic mass is 16.5. The van der Waals surface area contributed by atoms with Gasteiger partial charge in [-0.3, -0.25) is 4.79 Å². The summed E-state index contributed by atoms with van der Waals surface area (Å²) < 4.78 is 5.23. The van der Waals surface area contributed by atoms with Gasteiger partial charge in [0.15, 0.2) is 0 Å². The molecule has 1 saturated heterocycles. The number of anilines is 2. The average molecular weight is 276 g/mol. The Labute approximate surface area is 121 Å². The second kappa shape index (κ2) is 6.27. The molecule has 1 amide bonds. The first-order chi connectivity index (χ1) is 9.54. The average Bonchev–Trinajstić information content (AvgIpc) is 2.48. The third-order valence-electron chi connectivity index (χ3n) is 3.91. The number of benzene rings is 1. The molecule has 20 heavy (non-hydrogen) atoms. The Bertz CT molecular complexity index is 465. The zero-order chi connectivity index (χ0) is 14.6. The summed E-state index contributed by atoms with van der Waals surface area (Å²) in [7, 11) is 1.55. The van der Waals surface area contributed by atoms with E-state index in [4.69, 9.17) is 4.74 Å². The fraction of sp³-hybridized carbons (Fsp3) is 0.562. The van der Waals surface area contributed by atoms with Gasteiger partial charge < -0.3 is 15.0 Å². The molecule has 0 bridgehead atoms. The van der Waals surface area contributed by atoms with E-state index < -0.39 is 5.60 Å². The van der Waals surface area contributed by atoms with Crippen molar-refractivity contribution < 1.29 is 9.53 Å². The van der Waals surface area contributed by atoms with Crippen LogP contribution in [0.15, 0.2) is 24.3 Å². The van der Waals surface area contributed by atoms with Crippen LogP contribution in [0.3, 0.4) is 0 Å². The van der Waals surface area contributed by atoms with E-state index in [2.05, 4.69) is 16.3 Å². The molecule has 1 aromatic rings. The maximum absolute atomic E-state index is 12.2. The lowest BCUT2D eigenvalue weighted by Gasteiger charge is -2.31. The summed E-state index contributed by atoms with van der Waals surface area (Å²) in [5.74, 6) is -0.121. The van der Waals surface area contributed by atoms with E-state index in [1.807, 2.05) is 18.2 Å². The number of amides is 1. The number of hydrogen-bond donors (Lipinski definition) is 1. The minimum atomic E-state index is -0.824. The first-order valence-electron chi connectivity index (χ1n) is 7.25. The van der Waals surface area contributed by atoms with Crippen LogP contribution in [0.4, 0.5) is 11.4 Å². The summed E-state index contributed by atoms with van der Waals surface area (Å²) >= 11 is 0. The number of hydrogen-bond acceptors (Lipinski definition) is 3. The van der Waals surface area contributed by atoms with Gasteiger partial charge in [0.1, 0.15) is 5.60 Å². The smallest absolute Gasteiger partial charge is 0.256 e. The van der Waals surface area contributed by atoms with E-state index in [9.17, 15) is 4.79 Å². The van der Waals surface area contributed by atoms with Gasteiger partial charge in [-0.2, -0.15) is 0 Å². The lowest BCUT2D eigenvalue weighted by molar-refractivity contribution is -0.133. The van der Waals surface area contributed by atoms with Crippen LogP contribution in [0.5, 0.6) is 0 Å². The van der Waals surface area contributed by atoms with Crippen LogP contribution >= 0.6 is 0 Å². The van der Waals surface area contributed by atoms with Crippen LogP contribution in [0, 0.1) is 0 Å². The Morgan fingerprint density at radius 1 is 1.20 bits per heavy atom. The number of rotatable bonds is 4. The van der Waals surface area contributed by atoms with Crippen molar-refractivity contribution in [2.75, 3.05) is 30.4 Å². The Morgan fingerprint density at radius 3 is 2.50 bits per heavy atom. The van der Waals surface area contributed by atoms with Crippen molar-refractivity contribution in [2.45, 2.75) is 38.7 Å². The zero-order valence-electron chi connectivity index (χ0n) is 12.6. The molecular weight excluding hydrogens is 252 g/mol. The Kier molecular flexibility index (Phi) is 4.65. The lowest BCUT2D eigenvalue weighted by Crippen LogP contribution is -2.39. The standard InChI is InChI=1S/C16H24N2O2/c1-16(2,20-3)15(19)17-13-9-5-6-10-14(13)18-11-7-4-8-12-18/h5-6,9-10H,4,7-8,11-12H2,1-3H3,(H,17,19). The van der Waals surface area contributed by atoms with Gasteiger partial charge in [0, 0.05) is 20.2 Å². The van der Waals surface area contributed by atoms with E-state index in [-0.39, 0.29) is 5.91 Å². The molecule has 110 valence electrons. The van der Waals surface area contributed by atoms with E-state index in [1.54, 1.807) is 21.0 Å². The van der Waals surface area contributed by atoms with Crippen LogP contribution < -0.4 is 10.2 Å². The molecule has 0 aromatic heterocycles. The summed E-state index contributed by atoms with van der Waals surface area (Å²) in [6.07, 6.45) is 3.72. The molecule has 1 N–H and O–H groups in total. The topological polar surface area (TPSA) is 41.6 Å². The van der Waals surface area contributed by atoms with Gasteiger partial charge in [-0.15, -0.1) is 0 Å². The van der Waals surface area contributed by atoms with Gasteiger partial charge in [-0.05, 0) is 45.2 Å². The number of para-hydroxylation sites is 2. The highest BCUT2D eigenvalue weighted by Crippen LogP contribution is 2.29. The monoisotopic (exact) mass is 276 g/mol. The molecule has 0 unspecified atom stereocenters. The number of piperidine rings is 1. The highest BCUT2D eigenvalue weighted by Gasteiger charge is 2.28. The molecule has 4 heteroatoms. The maximum atomic E-state index is 12.2. The third-order valence-corrected chi connectivity index (χ3v) is 3.91. The fourth-order valence-corrected chi connectivity index (χ4v) is 2.36. The quantitative estimate of drug-likeness (QED) is 0.919. The summed E-state index contributed by atoms with van der Waals surface area (Å²) in [4.78, 5) is 14.6. The van der Waals surface area contributed by atoms with Gasteiger partial charge in [-0.25, -0.2) is 0 Å². The maximum Gasteiger partial charge on any atom is 0.256 e. The van der Waals surface area contributed by atoms with Gasteiger partial charge in [0.25, 0.3) is 5.91 Å². The van der Waals surface area contributed by atoms with Crippen LogP contribution in [-0.2, 0) is 9.53 Å². The minimum Gasteiger partial charge on any atom is -0.370 e. The highest BCUT2D eigenvalue weighted by molar-refractivity contribution is 5.99. The number of methoxy groups -OCH3 is 1. The van der Waals surface area contributed by atoms with Gasteiger partial charge in [-0.1, -0.05) is 12.1 Å². The molecule has 1 aliphatic rings. The molecule has 4 nitrogen and oxygen atoms in total. The lowest BCUT2D eigenvalue weighted by atomic mass is 10.1. The SMILES string of the molecule is COC(C)(C)C(=O)Nc1ccccc1N1CCCCC1.